The van der Waals surface area contributed by atoms with Gasteiger partial charge in [-0.3, -0.25) is 0 Å². The van der Waals surface area contributed by atoms with Crippen molar-refractivity contribution in [2.75, 3.05) is 14.2 Å². The van der Waals surface area contributed by atoms with Gasteiger partial charge in [-0.15, -0.1) is 0 Å². The molecule has 4 aliphatic carbocycles. The number of benzene rings is 3. The van der Waals surface area contributed by atoms with Crippen LogP contribution in [0, 0.1) is 5.92 Å². The third-order valence-corrected chi connectivity index (χ3v) is 7.40. The number of allylic oxidation sites excluding steroid dienone is 5. The summed E-state index contributed by atoms with van der Waals surface area (Å²) < 4.78 is 10.6. The van der Waals surface area contributed by atoms with Crippen LogP contribution in [0.15, 0.2) is 114 Å². The fraction of sp³-hybridized carbons (Fsp3) is 0.125. The van der Waals surface area contributed by atoms with Crippen molar-refractivity contribution in [3.63, 3.8) is 0 Å². The highest BCUT2D eigenvalue weighted by Gasteiger charge is 2.55. The molecule has 0 fully saturated rings. The van der Waals surface area contributed by atoms with E-state index >= 15 is 0 Å². The lowest BCUT2D eigenvalue weighted by Crippen LogP contribution is -2.38. The number of methoxy groups -OCH3 is 2. The number of esters is 2. The van der Waals surface area contributed by atoms with Crippen molar-refractivity contribution in [2.45, 2.75) is 5.41 Å². The Hall–Kier alpha value is -4.44. The molecule has 0 saturated carbocycles. The Morgan fingerprint density at radius 1 is 0.750 bits per heavy atom. The van der Waals surface area contributed by atoms with Crippen molar-refractivity contribution in [3.8, 4) is 0 Å². The summed E-state index contributed by atoms with van der Waals surface area (Å²) in [6.07, 6.45) is 6.41. The molecule has 2 atom stereocenters. The predicted octanol–water partition coefficient (Wildman–Crippen LogP) is 5.77. The molecule has 0 aromatic heterocycles. The first-order valence-electron chi connectivity index (χ1n) is 11.9. The number of carbonyl (C=O) groups is 2. The summed E-state index contributed by atoms with van der Waals surface area (Å²) in [5.74, 6) is -1.56. The number of hydrogen-bond acceptors (Lipinski definition) is 4. The van der Waals surface area contributed by atoms with Crippen LogP contribution in [0.2, 0.25) is 0 Å². The predicted molar refractivity (Wildman–Crippen MR) is 139 cm³/mol. The summed E-state index contributed by atoms with van der Waals surface area (Å²) in [7, 11) is 2.71. The SMILES string of the molecule is COC(=O)C1=C(C(=O)OC)C23C=C(c4ccccc4)C1C=C(c1ccccc1)C2=Cc1ccccc13. The number of ether oxygens (including phenoxy) is 2. The fourth-order valence-electron chi connectivity index (χ4n) is 5.93. The van der Waals surface area contributed by atoms with Crippen LogP contribution >= 0.6 is 0 Å². The fourth-order valence-corrected chi connectivity index (χ4v) is 5.93. The number of rotatable bonds is 4. The van der Waals surface area contributed by atoms with Gasteiger partial charge in [-0.1, -0.05) is 97.1 Å². The van der Waals surface area contributed by atoms with E-state index in [9.17, 15) is 9.59 Å². The van der Waals surface area contributed by atoms with Crippen LogP contribution in [-0.4, -0.2) is 26.2 Å². The minimum absolute atomic E-state index is 0.319. The molecule has 2 bridgehead atoms. The van der Waals surface area contributed by atoms with Crippen LogP contribution in [0.3, 0.4) is 0 Å². The maximum atomic E-state index is 13.6. The van der Waals surface area contributed by atoms with Crippen molar-refractivity contribution in [1.82, 2.24) is 0 Å². The average molecular weight is 473 g/mol. The van der Waals surface area contributed by atoms with Crippen molar-refractivity contribution >= 4 is 29.2 Å². The normalized spacial score (nSPS) is 21.5. The van der Waals surface area contributed by atoms with Crippen molar-refractivity contribution in [2.24, 2.45) is 5.92 Å². The molecule has 0 N–H and O–H groups in total. The molecule has 4 nitrogen and oxygen atoms in total. The van der Waals surface area contributed by atoms with E-state index in [2.05, 4.69) is 30.4 Å². The molecule has 176 valence electrons. The summed E-state index contributed by atoms with van der Waals surface area (Å²) in [5, 5.41) is 0. The van der Waals surface area contributed by atoms with Gasteiger partial charge in [0.25, 0.3) is 0 Å². The highest BCUT2D eigenvalue weighted by Crippen LogP contribution is 2.61. The van der Waals surface area contributed by atoms with Crippen molar-refractivity contribution in [1.29, 1.82) is 0 Å². The molecule has 3 aromatic carbocycles. The van der Waals surface area contributed by atoms with Crippen LogP contribution in [0.25, 0.3) is 17.2 Å². The van der Waals surface area contributed by atoms with Crippen molar-refractivity contribution < 1.29 is 19.1 Å². The number of carbonyl (C=O) groups excluding carboxylic acids is 2. The average Bonchev–Trinajstić information content (AvgIpc) is 3.10. The lowest BCUT2D eigenvalue weighted by molar-refractivity contribution is -0.140. The zero-order chi connectivity index (χ0) is 24.9. The maximum Gasteiger partial charge on any atom is 0.335 e. The van der Waals surface area contributed by atoms with E-state index in [1.165, 1.54) is 14.2 Å². The largest absolute Gasteiger partial charge is 0.466 e. The van der Waals surface area contributed by atoms with E-state index in [0.29, 0.717) is 11.1 Å². The summed E-state index contributed by atoms with van der Waals surface area (Å²) >= 11 is 0. The van der Waals surface area contributed by atoms with Gasteiger partial charge in [0, 0.05) is 5.92 Å². The van der Waals surface area contributed by atoms with E-state index in [1.54, 1.807) is 0 Å². The molecule has 4 aliphatic rings. The van der Waals surface area contributed by atoms with Gasteiger partial charge < -0.3 is 9.47 Å². The molecule has 0 aliphatic heterocycles. The Morgan fingerprint density at radius 2 is 1.36 bits per heavy atom. The molecular formula is C32H24O4. The Balaban J connectivity index is 1.79. The zero-order valence-corrected chi connectivity index (χ0v) is 20.0. The summed E-state index contributed by atoms with van der Waals surface area (Å²) in [6, 6.07) is 28.1. The Kier molecular flexibility index (Phi) is 5.11. The van der Waals surface area contributed by atoms with Gasteiger partial charge in [-0.05, 0) is 45.0 Å². The molecule has 0 heterocycles. The standard InChI is InChI=1S/C32H24O4/c1-35-30(33)28-24-18-23(20-11-5-3-6-12-20)27-17-22-15-9-10-16-26(22)32(27,29(28)31(34)36-2)19-25(24)21-13-7-4-8-14-21/h3-19,24H,1-2H3. The van der Waals surface area contributed by atoms with Crippen LogP contribution in [0.1, 0.15) is 22.3 Å². The van der Waals surface area contributed by atoms with Gasteiger partial charge in [0.05, 0.1) is 30.8 Å². The molecular weight excluding hydrogens is 448 g/mol. The second kappa shape index (κ2) is 8.35. The second-order valence-corrected chi connectivity index (χ2v) is 9.11. The quantitative estimate of drug-likeness (QED) is 0.452. The minimum Gasteiger partial charge on any atom is -0.466 e. The lowest BCUT2D eigenvalue weighted by atomic mass is 9.63. The van der Waals surface area contributed by atoms with Gasteiger partial charge in [-0.25, -0.2) is 9.59 Å². The summed E-state index contributed by atoms with van der Waals surface area (Å²) in [5.41, 5.74) is 6.47. The van der Waals surface area contributed by atoms with Gasteiger partial charge in [0.2, 0.25) is 0 Å². The minimum atomic E-state index is -1.01. The molecule has 7 rings (SSSR count). The van der Waals surface area contributed by atoms with Crippen LogP contribution in [-0.2, 0) is 24.5 Å². The van der Waals surface area contributed by atoms with E-state index < -0.39 is 23.3 Å². The first-order chi connectivity index (χ1) is 17.6. The van der Waals surface area contributed by atoms with Crippen LogP contribution in [0.4, 0.5) is 0 Å². The van der Waals surface area contributed by atoms with Gasteiger partial charge in [-0.2, -0.15) is 0 Å². The third-order valence-electron chi connectivity index (χ3n) is 7.40. The zero-order valence-electron chi connectivity index (χ0n) is 20.0. The summed E-state index contributed by atoms with van der Waals surface area (Å²) in [4.78, 5) is 27.1. The highest BCUT2D eigenvalue weighted by molar-refractivity contribution is 6.13. The molecule has 0 amide bonds. The van der Waals surface area contributed by atoms with Gasteiger partial charge in [0.15, 0.2) is 0 Å². The molecule has 3 aromatic rings. The summed E-state index contributed by atoms with van der Waals surface area (Å²) in [6.45, 7) is 0. The Morgan fingerprint density at radius 3 is 2.03 bits per heavy atom. The first kappa shape index (κ1) is 22.1. The molecule has 2 unspecified atom stereocenters. The number of hydrogen-bond donors (Lipinski definition) is 0. The first-order valence-corrected chi connectivity index (χ1v) is 11.9. The van der Waals surface area contributed by atoms with Gasteiger partial charge in [0.1, 0.15) is 0 Å². The van der Waals surface area contributed by atoms with E-state index in [4.69, 9.17) is 9.47 Å². The third kappa shape index (κ3) is 3.01. The number of fused-ring (bicyclic) bond motifs is 1. The molecule has 1 spiro atoms. The van der Waals surface area contributed by atoms with Crippen LogP contribution in [0.5, 0.6) is 0 Å². The molecule has 0 radical (unpaired) electrons. The molecule has 36 heavy (non-hydrogen) atoms. The molecule has 0 saturated heterocycles. The smallest absolute Gasteiger partial charge is 0.335 e. The lowest BCUT2D eigenvalue weighted by Gasteiger charge is -2.38. The Labute approximate surface area is 209 Å². The highest BCUT2D eigenvalue weighted by atomic mass is 16.5. The van der Waals surface area contributed by atoms with Crippen molar-refractivity contribution in [3.05, 3.63) is 136 Å². The second-order valence-electron chi connectivity index (χ2n) is 9.11. The van der Waals surface area contributed by atoms with Gasteiger partial charge >= 0.3 is 11.9 Å². The maximum absolute atomic E-state index is 13.6. The van der Waals surface area contributed by atoms with E-state index in [0.717, 1.165) is 39.0 Å². The monoisotopic (exact) mass is 472 g/mol. The topological polar surface area (TPSA) is 52.6 Å². The Bertz CT molecular complexity index is 1520. The van der Waals surface area contributed by atoms with E-state index in [1.807, 2.05) is 72.8 Å². The van der Waals surface area contributed by atoms with E-state index in [-0.39, 0.29) is 0 Å². The van der Waals surface area contributed by atoms with Crippen LogP contribution < -0.4 is 0 Å². The molecule has 4 heteroatoms.